The monoisotopic (exact) mass is 353 g/mol. The van der Waals surface area contributed by atoms with Gasteiger partial charge in [-0.3, -0.25) is 4.79 Å². The van der Waals surface area contributed by atoms with E-state index >= 15 is 0 Å². The van der Waals surface area contributed by atoms with E-state index in [0.717, 1.165) is 5.56 Å². The van der Waals surface area contributed by atoms with Crippen molar-refractivity contribution in [1.29, 1.82) is 0 Å². The number of nitrogens with two attached hydrogens (primary N) is 1. The van der Waals surface area contributed by atoms with Gasteiger partial charge in [-0.25, -0.2) is 4.98 Å². The Labute approximate surface area is 155 Å². The third kappa shape index (κ3) is 5.30. The Hall–Kier alpha value is -2.40. The molecule has 1 heterocycles. The molecule has 1 aromatic heterocycles. The zero-order valence-corrected chi connectivity index (χ0v) is 15.1. The summed E-state index contributed by atoms with van der Waals surface area (Å²) in [5, 5.41) is 2.84. The van der Waals surface area contributed by atoms with Gasteiger partial charge in [0.25, 0.3) is 0 Å². The van der Waals surface area contributed by atoms with Crippen molar-refractivity contribution in [2.45, 2.75) is 44.6 Å². The van der Waals surface area contributed by atoms with Crippen LogP contribution in [0.5, 0.6) is 5.75 Å². The summed E-state index contributed by atoms with van der Waals surface area (Å²) in [6.07, 6.45) is 8.17. The third-order valence-electron chi connectivity index (χ3n) is 4.86. The van der Waals surface area contributed by atoms with Crippen LogP contribution < -0.4 is 15.8 Å². The fourth-order valence-corrected chi connectivity index (χ4v) is 3.36. The predicted molar refractivity (Wildman–Crippen MR) is 103 cm³/mol. The molecule has 1 fully saturated rings. The summed E-state index contributed by atoms with van der Waals surface area (Å²) in [6, 6.07) is 13.0. The normalized spacial score (nSPS) is 16.0. The number of nitrogens with zero attached hydrogens (tertiary/aromatic N) is 1. The lowest BCUT2D eigenvalue weighted by atomic mass is 9.90. The lowest BCUT2D eigenvalue weighted by molar-refractivity contribution is -0.116. The second-order valence-electron chi connectivity index (χ2n) is 6.93. The maximum absolute atomic E-state index is 12.4. The molecule has 138 valence electrons. The molecule has 0 saturated heterocycles. The van der Waals surface area contributed by atoms with E-state index in [1.807, 2.05) is 42.5 Å². The minimum absolute atomic E-state index is 0.164. The van der Waals surface area contributed by atoms with Crippen LogP contribution in [0.4, 0.5) is 5.82 Å². The lowest BCUT2D eigenvalue weighted by Gasteiger charge is -2.22. The molecule has 3 rings (SSSR count). The highest BCUT2D eigenvalue weighted by atomic mass is 16.5. The van der Waals surface area contributed by atoms with E-state index in [4.69, 9.17) is 10.5 Å². The zero-order valence-electron chi connectivity index (χ0n) is 15.1. The smallest absolute Gasteiger partial charge is 0.227 e. The van der Waals surface area contributed by atoms with Crippen molar-refractivity contribution >= 4 is 11.7 Å². The van der Waals surface area contributed by atoms with Gasteiger partial charge < -0.3 is 15.8 Å². The van der Waals surface area contributed by atoms with Crippen LogP contribution in [0.3, 0.4) is 0 Å². The Kier molecular flexibility index (Phi) is 6.61. The second kappa shape index (κ2) is 9.34. The molecular formula is C21H27N3O2. The molecule has 0 aliphatic heterocycles. The SMILES string of the molecule is NC(CC(=O)Nc1ncccc1OCC1CCCCC1)c1ccccc1. The van der Waals surface area contributed by atoms with Gasteiger partial charge in [-0.2, -0.15) is 0 Å². The number of hydrogen-bond acceptors (Lipinski definition) is 4. The molecule has 2 aromatic rings. The molecule has 0 bridgehead atoms. The molecule has 1 unspecified atom stereocenters. The van der Waals surface area contributed by atoms with E-state index < -0.39 is 0 Å². The zero-order chi connectivity index (χ0) is 18.2. The third-order valence-corrected chi connectivity index (χ3v) is 4.86. The molecule has 1 amide bonds. The highest BCUT2D eigenvalue weighted by Gasteiger charge is 2.17. The van der Waals surface area contributed by atoms with E-state index in [-0.39, 0.29) is 18.4 Å². The molecule has 1 saturated carbocycles. The average molecular weight is 353 g/mol. The number of amides is 1. The van der Waals surface area contributed by atoms with Crippen molar-refractivity contribution in [2.24, 2.45) is 11.7 Å². The van der Waals surface area contributed by atoms with Crippen LogP contribution in [0, 0.1) is 5.92 Å². The summed E-state index contributed by atoms with van der Waals surface area (Å²) in [4.78, 5) is 16.6. The van der Waals surface area contributed by atoms with Crippen molar-refractivity contribution < 1.29 is 9.53 Å². The molecule has 3 N–H and O–H groups in total. The first kappa shape index (κ1) is 18.4. The molecular weight excluding hydrogens is 326 g/mol. The van der Waals surface area contributed by atoms with E-state index in [0.29, 0.717) is 24.1 Å². The predicted octanol–water partition coefficient (Wildman–Crippen LogP) is 4.07. The van der Waals surface area contributed by atoms with E-state index in [1.54, 1.807) is 6.20 Å². The van der Waals surface area contributed by atoms with E-state index in [2.05, 4.69) is 10.3 Å². The summed E-state index contributed by atoms with van der Waals surface area (Å²) >= 11 is 0. The summed E-state index contributed by atoms with van der Waals surface area (Å²) < 4.78 is 5.96. The summed E-state index contributed by atoms with van der Waals surface area (Å²) in [5.74, 6) is 1.52. The van der Waals surface area contributed by atoms with Crippen LogP contribution in [0.25, 0.3) is 0 Å². The highest BCUT2D eigenvalue weighted by Crippen LogP contribution is 2.27. The molecule has 1 atom stereocenters. The van der Waals surface area contributed by atoms with Gasteiger partial charge in [-0.15, -0.1) is 0 Å². The number of nitrogens with one attached hydrogen (secondary N) is 1. The molecule has 1 aromatic carbocycles. The van der Waals surface area contributed by atoms with Gasteiger partial charge in [0, 0.05) is 18.7 Å². The first-order chi connectivity index (χ1) is 12.7. The maximum atomic E-state index is 12.4. The molecule has 1 aliphatic carbocycles. The van der Waals surface area contributed by atoms with Gasteiger partial charge >= 0.3 is 0 Å². The summed E-state index contributed by atoms with van der Waals surface area (Å²) in [6.45, 7) is 0.679. The summed E-state index contributed by atoms with van der Waals surface area (Å²) in [5.41, 5.74) is 7.07. The van der Waals surface area contributed by atoms with Crippen molar-refractivity contribution in [1.82, 2.24) is 4.98 Å². The van der Waals surface area contributed by atoms with Crippen LogP contribution in [-0.2, 0) is 4.79 Å². The summed E-state index contributed by atoms with van der Waals surface area (Å²) in [7, 11) is 0. The Morgan fingerprint density at radius 3 is 2.69 bits per heavy atom. The van der Waals surface area contributed by atoms with Crippen molar-refractivity contribution in [3.8, 4) is 5.75 Å². The van der Waals surface area contributed by atoms with Crippen molar-refractivity contribution in [3.05, 3.63) is 54.2 Å². The number of benzene rings is 1. The number of anilines is 1. The Bertz CT molecular complexity index is 699. The van der Waals surface area contributed by atoms with Crippen molar-refractivity contribution in [3.63, 3.8) is 0 Å². The molecule has 5 heteroatoms. The molecule has 1 aliphatic rings. The van der Waals surface area contributed by atoms with Gasteiger partial charge in [-0.1, -0.05) is 49.6 Å². The Morgan fingerprint density at radius 1 is 1.15 bits per heavy atom. The molecule has 5 nitrogen and oxygen atoms in total. The lowest BCUT2D eigenvalue weighted by Crippen LogP contribution is -2.22. The van der Waals surface area contributed by atoms with Gasteiger partial charge in [0.1, 0.15) is 0 Å². The fraction of sp³-hybridized carbons (Fsp3) is 0.429. The topological polar surface area (TPSA) is 77.2 Å². The number of hydrogen-bond donors (Lipinski definition) is 2. The minimum atomic E-state index is -0.341. The van der Waals surface area contributed by atoms with Gasteiger partial charge in [-0.05, 0) is 36.5 Å². The highest BCUT2D eigenvalue weighted by molar-refractivity contribution is 5.91. The van der Waals surface area contributed by atoms with Crippen LogP contribution >= 0.6 is 0 Å². The largest absolute Gasteiger partial charge is 0.489 e. The number of ether oxygens (including phenoxy) is 1. The van der Waals surface area contributed by atoms with Crippen LogP contribution in [-0.4, -0.2) is 17.5 Å². The van der Waals surface area contributed by atoms with Crippen LogP contribution in [0.2, 0.25) is 0 Å². The average Bonchev–Trinajstić information content (AvgIpc) is 2.68. The number of pyridine rings is 1. The quantitative estimate of drug-likeness (QED) is 0.786. The van der Waals surface area contributed by atoms with E-state index in [9.17, 15) is 4.79 Å². The number of carbonyl (C=O) groups excluding carboxylic acids is 1. The van der Waals surface area contributed by atoms with Crippen LogP contribution in [0.15, 0.2) is 48.7 Å². The number of aromatic nitrogens is 1. The molecule has 0 radical (unpaired) electrons. The Morgan fingerprint density at radius 2 is 1.92 bits per heavy atom. The van der Waals surface area contributed by atoms with Gasteiger partial charge in [0.15, 0.2) is 11.6 Å². The number of rotatable bonds is 7. The van der Waals surface area contributed by atoms with Gasteiger partial charge in [0.2, 0.25) is 5.91 Å². The minimum Gasteiger partial charge on any atom is -0.489 e. The number of carbonyl (C=O) groups is 1. The molecule has 0 spiro atoms. The standard InChI is InChI=1S/C21H27N3O2/c22-18(17-10-5-2-6-11-17)14-20(25)24-21-19(12-7-13-23-21)26-15-16-8-3-1-4-9-16/h2,5-7,10-13,16,18H,1,3-4,8-9,14-15,22H2,(H,23,24,25). The van der Waals surface area contributed by atoms with E-state index in [1.165, 1.54) is 32.1 Å². The van der Waals surface area contributed by atoms with Crippen molar-refractivity contribution in [2.75, 3.05) is 11.9 Å². The Balaban J connectivity index is 1.56. The van der Waals surface area contributed by atoms with Gasteiger partial charge in [0.05, 0.1) is 6.61 Å². The first-order valence-electron chi connectivity index (χ1n) is 9.40. The first-order valence-corrected chi connectivity index (χ1v) is 9.40. The van der Waals surface area contributed by atoms with Crippen LogP contribution in [0.1, 0.15) is 50.1 Å². The maximum Gasteiger partial charge on any atom is 0.227 e. The second-order valence-corrected chi connectivity index (χ2v) is 6.93. The molecule has 26 heavy (non-hydrogen) atoms. The fourth-order valence-electron chi connectivity index (χ4n) is 3.36.